The van der Waals surface area contributed by atoms with Crippen molar-refractivity contribution in [1.82, 2.24) is 0 Å². The van der Waals surface area contributed by atoms with Gasteiger partial charge in [0, 0.05) is 5.56 Å². The first-order valence-electron chi connectivity index (χ1n) is 3.11. The number of hydrogen-bond donors (Lipinski definition) is 2. The van der Waals surface area contributed by atoms with Gasteiger partial charge in [-0.3, -0.25) is 0 Å². The van der Waals surface area contributed by atoms with E-state index < -0.39 is 0 Å². The predicted octanol–water partition coefficient (Wildman–Crippen LogP) is 0.798. The number of phenols is 2. The van der Waals surface area contributed by atoms with E-state index in [-0.39, 0.29) is 34.6 Å². The monoisotopic (exact) mass is 164 g/mol. The van der Waals surface area contributed by atoms with Gasteiger partial charge >= 0.3 is 23.1 Å². The van der Waals surface area contributed by atoms with Crippen LogP contribution in [0.3, 0.4) is 0 Å². The fourth-order valence-electron chi connectivity index (χ4n) is 0.825. The number of phenolic OH excluding ortho intramolecular Hbond substituents is 2. The maximum absolute atomic E-state index is 9.23. The summed E-state index contributed by atoms with van der Waals surface area (Å²) in [4.78, 5) is 0. The minimum atomic E-state index is 0. The van der Waals surface area contributed by atoms with Gasteiger partial charge in [0.2, 0.25) is 0 Å². The Hall–Kier alpha value is -0.414. The van der Waals surface area contributed by atoms with Crippen LogP contribution in [-0.4, -0.2) is 33.3 Å². The van der Waals surface area contributed by atoms with Crippen LogP contribution in [0.1, 0.15) is 11.1 Å². The van der Waals surface area contributed by atoms with Crippen LogP contribution < -0.4 is 0 Å². The highest BCUT2D eigenvalue weighted by atomic mass is 24.3. The summed E-state index contributed by atoms with van der Waals surface area (Å²) < 4.78 is 0. The highest BCUT2D eigenvalue weighted by Crippen LogP contribution is 2.28. The van der Waals surface area contributed by atoms with Gasteiger partial charge in [0.25, 0.3) is 0 Å². The van der Waals surface area contributed by atoms with E-state index in [1.807, 2.05) is 0 Å². The molecule has 2 N–H and O–H groups in total. The van der Waals surface area contributed by atoms with E-state index in [0.29, 0.717) is 5.56 Å². The van der Waals surface area contributed by atoms with Crippen LogP contribution >= 0.6 is 0 Å². The number of aryl methyl sites for hydroxylation is 1. The Balaban J connectivity index is 0.000001000. The zero-order valence-electron chi connectivity index (χ0n) is 6.05. The number of hydrogen-bond acceptors (Lipinski definition) is 2. The van der Waals surface area contributed by atoms with Crippen LogP contribution in [0.15, 0.2) is 12.1 Å². The molecule has 0 fully saturated rings. The van der Waals surface area contributed by atoms with E-state index in [4.69, 9.17) is 5.11 Å². The van der Waals surface area contributed by atoms with E-state index in [0.717, 1.165) is 5.56 Å². The van der Waals surface area contributed by atoms with Crippen molar-refractivity contribution in [3.63, 3.8) is 0 Å². The van der Waals surface area contributed by atoms with E-state index in [1.54, 1.807) is 26.0 Å². The van der Waals surface area contributed by atoms with Crippen molar-refractivity contribution in [2.24, 2.45) is 0 Å². The lowest BCUT2D eigenvalue weighted by atomic mass is 10.1. The molecular formula is C8H12MgO2. The summed E-state index contributed by atoms with van der Waals surface area (Å²) in [5.41, 5.74) is 1.33. The third kappa shape index (κ3) is 2.01. The van der Waals surface area contributed by atoms with Crippen LogP contribution in [0.25, 0.3) is 0 Å². The molecule has 1 rings (SSSR count). The zero-order chi connectivity index (χ0) is 7.72. The SMILES string of the molecule is Cc1ccc(O)c(C)c1O.[MgH2]. The van der Waals surface area contributed by atoms with Crippen LogP contribution in [0, 0.1) is 13.8 Å². The predicted molar refractivity (Wildman–Crippen MR) is 47.8 cm³/mol. The second-order valence-electron chi connectivity index (χ2n) is 2.38. The molecule has 0 aromatic heterocycles. The molecule has 0 unspecified atom stereocenters. The lowest BCUT2D eigenvalue weighted by Crippen LogP contribution is -1.79. The van der Waals surface area contributed by atoms with Gasteiger partial charge in [0.15, 0.2) is 0 Å². The molecule has 0 amide bonds. The summed E-state index contributed by atoms with van der Waals surface area (Å²) >= 11 is 0. The van der Waals surface area contributed by atoms with Crippen molar-refractivity contribution >= 4 is 23.1 Å². The molecule has 0 saturated carbocycles. The molecule has 2 nitrogen and oxygen atoms in total. The first-order valence-corrected chi connectivity index (χ1v) is 3.11. The molecule has 1 aromatic carbocycles. The smallest absolute Gasteiger partial charge is 0.316 e. The van der Waals surface area contributed by atoms with E-state index >= 15 is 0 Å². The molecule has 0 radical (unpaired) electrons. The van der Waals surface area contributed by atoms with Crippen molar-refractivity contribution in [3.05, 3.63) is 23.3 Å². The summed E-state index contributed by atoms with van der Waals surface area (Å²) in [5, 5.41) is 18.3. The van der Waals surface area contributed by atoms with Crippen molar-refractivity contribution in [2.45, 2.75) is 13.8 Å². The van der Waals surface area contributed by atoms with Crippen molar-refractivity contribution in [1.29, 1.82) is 0 Å². The zero-order valence-corrected chi connectivity index (χ0v) is 6.05. The molecule has 0 heterocycles. The fourth-order valence-corrected chi connectivity index (χ4v) is 0.825. The summed E-state index contributed by atoms with van der Waals surface area (Å²) in [5.74, 6) is 0.322. The highest BCUT2D eigenvalue weighted by Gasteiger charge is 2.02. The molecule has 0 atom stereocenters. The van der Waals surface area contributed by atoms with Crippen molar-refractivity contribution in [3.8, 4) is 11.5 Å². The minimum absolute atomic E-state index is 0. The third-order valence-electron chi connectivity index (χ3n) is 1.60. The molecule has 11 heavy (non-hydrogen) atoms. The summed E-state index contributed by atoms with van der Waals surface area (Å²) in [6.45, 7) is 3.47. The quantitative estimate of drug-likeness (QED) is 0.557. The summed E-state index contributed by atoms with van der Waals surface area (Å²) in [7, 11) is 0. The van der Waals surface area contributed by atoms with Gasteiger partial charge in [0.1, 0.15) is 11.5 Å². The van der Waals surface area contributed by atoms with Gasteiger partial charge < -0.3 is 10.2 Å². The molecule has 0 aliphatic rings. The largest absolute Gasteiger partial charge is 0.508 e. The summed E-state index contributed by atoms with van der Waals surface area (Å²) in [6, 6.07) is 3.25. The number of aromatic hydroxyl groups is 2. The maximum atomic E-state index is 9.23. The Morgan fingerprint density at radius 1 is 1.09 bits per heavy atom. The second-order valence-corrected chi connectivity index (χ2v) is 2.38. The Morgan fingerprint density at radius 3 is 2.09 bits per heavy atom. The second kappa shape index (κ2) is 3.83. The third-order valence-corrected chi connectivity index (χ3v) is 1.60. The maximum Gasteiger partial charge on any atom is 0.316 e. The molecule has 0 aliphatic carbocycles. The highest BCUT2D eigenvalue weighted by molar-refractivity contribution is 5.75. The van der Waals surface area contributed by atoms with Crippen LogP contribution in [-0.2, 0) is 0 Å². The van der Waals surface area contributed by atoms with Crippen LogP contribution in [0.2, 0.25) is 0 Å². The van der Waals surface area contributed by atoms with Crippen molar-refractivity contribution < 1.29 is 10.2 Å². The van der Waals surface area contributed by atoms with Gasteiger partial charge in [-0.1, -0.05) is 6.07 Å². The molecule has 0 spiro atoms. The minimum Gasteiger partial charge on any atom is -0.508 e. The first-order chi connectivity index (χ1) is 4.63. The number of rotatable bonds is 0. The first kappa shape index (κ1) is 10.6. The lowest BCUT2D eigenvalue weighted by molar-refractivity contribution is 0.440. The Labute approximate surface area is 82.0 Å². The molecule has 0 saturated heterocycles. The molecule has 3 heteroatoms. The van der Waals surface area contributed by atoms with E-state index in [1.165, 1.54) is 0 Å². The van der Waals surface area contributed by atoms with Gasteiger partial charge in [-0.2, -0.15) is 0 Å². The van der Waals surface area contributed by atoms with Gasteiger partial charge in [-0.05, 0) is 25.5 Å². The summed E-state index contributed by atoms with van der Waals surface area (Å²) in [6.07, 6.45) is 0. The Morgan fingerprint density at radius 2 is 1.64 bits per heavy atom. The standard InChI is InChI=1S/C8H10O2.Mg.2H/c1-5-3-4-7(9)6(2)8(5)10;;;/h3-4,9-10H,1-2H3;;;. The molecule has 1 aromatic rings. The molecular weight excluding hydrogens is 152 g/mol. The van der Waals surface area contributed by atoms with Crippen LogP contribution in [0.5, 0.6) is 11.5 Å². The Kier molecular flexibility index (Phi) is 3.68. The average molecular weight is 164 g/mol. The van der Waals surface area contributed by atoms with Gasteiger partial charge in [-0.25, -0.2) is 0 Å². The molecule has 0 aliphatic heterocycles. The van der Waals surface area contributed by atoms with Crippen LogP contribution in [0.4, 0.5) is 0 Å². The lowest BCUT2D eigenvalue weighted by Gasteiger charge is -2.03. The van der Waals surface area contributed by atoms with Gasteiger partial charge in [0.05, 0.1) is 0 Å². The van der Waals surface area contributed by atoms with E-state index in [9.17, 15) is 5.11 Å². The topological polar surface area (TPSA) is 40.5 Å². The average Bonchev–Trinajstić information content (AvgIpc) is 1.93. The van der Waals surface area contributed by atoms with E-state index in [2.05, 4.69) is 0 Å². The molecule has 0 bridgehead atoms. The molecule has 58 valence electrons. The number of benzene rings is 1. The van der Waals surface area contributed by atoms with Crippen molar-refractivity contribution in [2.75, 3.05) is 0 Å². The Bertz CT molecular complexity index is 232. The normalized spacial score (nSPS) is 8.91. The van der Waals surface area contributed by atoms with Gasteiger partial charge in [-0.15, -0.1) is 0 Å². The fraction of sp³-hybridized carbons (Fsp3) is 0.250.